The van der Waals surface area contributed by atoms with Gasteiger partial charge in [-0.25, -0.2) is 0 Å². The molecule has 0 bridgehead atoms. The van der Waals surface area contributed by atoms with Crippen LogP contribution in [0.25, 0.3) is 0 Å². The van der Waals surface area contributed by atoms with Crippen LogP contribution in [0.1, 0.15) is 88.5 Å². The molecule has 4 nitrogen and oxygen atoms in total. The van der Waals surface area contributed by atoms with E-state index in [2.05, 4.69) is 81.1 Å². The highest BCUT2D eigenvalue weighted by Gasteiger charge is 2.25. The average Bonchev–Trinajstić information content (AvgIpc) is 2.55. The standard InChI is InChI=1S/C24H47NO3S/c1-17(2)20(7)28-24(10,11)14-15-27-23(8,9)13-12-22(26)25-21(18(3)4)16-29-19(5)6/h17-19,21H,7,12-16H2,1-6,8-11H3,(H,25,26). The summed E-state index contributed by atoms with van der Waals surface area (Å²) in [6.45, 7) is 25.7. The van der Waals surface area contributed by atoms with Gasteiger partial charge in [0.15, 0.2) is 0 Å². The molecular weight excluding hydrogens is 382 g/mol. The lowest BCUT2D eigenvalue weighted by atomic mass is 10.0. The molecule has 0 aromatic carbocycles. The fraction of sp³-hybridized carbons (Fsp3) is 0.875. The third kappa shape index (κ3) is 14.0. The molecule has 1 atom stereocenters. The number of rotatable bonds is 15. The van der Waals surface area contributed by atoms with E-state index in [0.29, 0.717) is 36.5 Å². The molecule has 0 fully saturated rings. The number of allylic oxidation sites excluding steroid dienone is 1. The Hall–Kier alpha value is -0.680. The van der Waals surface area contributed by atoms with Crippen molar-refractivity contribution in [2.45, 2.75) is 111 Å². The van der Waals surface area contributed by atoms with Crippen molar-refractivity contribution in [3.8, 4) is 0 Å². The molecule has 5 heteroatoms. The molecular formula is C24H47NO3S. The van der Waals surface area contributed by atoms with E-state index in [1.54, 1.807) is 0 Å². The number of hydrogen-bond donors (Lipinski definition) is 1. The van der Waals surface area contributed by atoms with Crippen LogP contribution in [0.4, 0.5) is 0 Å². The van der Waals surface area contributed by atoms with E-state index in [0.717, 1.165) is 17.9 Å². The third-order valence-electron chi connectivity index (χ3n) is 4.96. The van der Waals surface area contributed by atoms with Crippen LogP contribution in [-0.2, 0) is 14.3 Å². The minimum atomic E-state index is -0.345. The highest BCUT2D eigenvalue weighted by atomic mass is 32.2. The Bertz CT molecular complexity index is 498. The number of hydrogen-bond acceptors (Lipinski definition) is 4. The van der Waals surface area contributed by atoms with Gasteiger partial charge in [0.2, 0.25) is 5.91 Å². The molecule has 1 N–H and O–H groups in total. The van der Waals surface area contributed by atoms with Crippen molar-refractivity contribution in [1.29, 1.82) is 0 Å². The molecule has 0 radical (unpaired) electrons. The first-order chi connectivity index (χ1) is 13.1. The molecule has 0 aromatic heterocycles. The summed E-state index contributed by atoms with van der Waals surface area (Å²) in [7, 11) is 0. The monoisotopic (exact) mass is 429 g/mol. The molecule has 1 amide bonds. The van der Waals surface area contributed by atoms with E-state index in [-0.39, 0.29) is 23.2 Å². The first kappa shape index (κ1) is 28.3. The van der Waals surface area contributed by atoms with Crippen LogP contribution in [0.3, 0.4) is 0 Å². The topological polar surface area (TPSA) is 47.6 Å². The van der Waals surface area contributed by atoms with Crippen LogP contribution in [-0.4, -0.2) is 40.8 Å². The Morgan fingerprint density at radius 1 is 1.00 bits per heavy atom. The van der Waals surface area contributed by atoms with Crippen LogP contribution in [0.5, 0.6) is 0 Å². The van der Waals surface area contributed by atoms with Crippen LogP contribution >= 0.6 is 11.8 Å². The summed E-state index contributed by atoms with van der Waals surface area (Å²) >= 11 is 1.89. The van der Waals surface area contributed by atoms with Crippen molar-refractivity contribution in [3.63, 3.8) is 0 Å². The lowest BCUT2D eigenvalue weighted by Crippen LogP contribution is -2.41. The van der Waals surface area contributed by atoms with Gasteiger partial charge >= 0.3 is 0 Å². The van der Waals surface area contributed by atoms with Crippen molar-refractivity contribution in [3.05, 3.63) is 12.3 Å². The summed E-state index contributed by atoms with van der Waals surface area (Å²) in [4.78, 5) is 12.5. The van der Waals surface area contributed by atoms with E-state index in [9.17, 15) is 4.79 Å². The van der Waals surface area contributed by atoms with Gasteiger partial charge in [0.1, 0.15) is 5.60 Å². The van der Waals surface area contributed by atoms with Crippen molar-refractivity contribution in [2.75, 3.05) is 12.4 Å². The molecule has 0 rings (SSSR count). The van der Waals surface area contributed by atoms with Crippen LogP contribution < -0.4 is 5.32 Å². The number of carbonyl (C=O) groups is 1. The van der Waals surface area contributed by atoms with Crippen molar-refractivity contribution in [1.82, 2.24) is 5.32 Å². The predicted octanol–water partition coefficient (Wildman–Crippen LogP) is 6.20. The second kappa shape index (κ2) is 12.9. The Kier molecular flexibility index (Phi) is 12.6. The Labute approximate surface area is 185 Å². The summed E-state index contributed by atoms with van der Waals surface area (Å²) in [5.41, 5.74) is -0.657. The highest BCUT2D eigenvalue weighted by Crippen LogP contribution is 2.24. The maximum Gasteiger partial charge on any atom is 0.220 e. The fourth-order valence-corrected chi connectivity index (χ4v) is 3.62. The van der Waals surface area contributed by atoms with E-state index >= 15 is 0 Å². The largest absolute Gasteiger partial charge is 0.492 e. The van der Waals surface area contributed by atoms with E-state index in [4.69, 9.17) is 9.47 Å². The molecule has 0 spiro atoms. The zero-order valence-corrected chi connectivity index (χ0v) is 21.5. The number of amides is 1. The fourth-order valence-electron chi connectivity index (χ4n) is 2.56. The lowest BCUT2D eigenvalue weighted by molar-refractivity contribution is -0.124. The first-order valence-electron chi connectivity index (χ1n) is 11.1. The normalized spacial score (nSPS) is 13.8. The number of carbonyl (C=O) groups excluding carboxylic acids is 1. The van der Waals surface area contributed by atoms with Gasteiger partial charge in [0.05, 0.1) is 18.0 Å². The molecule has 0 saturated heterocycles. The Balaban J connectivity index is 4.39. The highest BCUT2D eigenvalue weighted by molar-refractivity contribution is 7.99. The maximum absolute atomic E-state index is 12.5. The minimum absolute atomic E-state index is 0.113. The van der Waals surface area contributed by atoms with Gasteiger partial charge in [-0.05, 0) is 45.3 Å². The zero-order chi connectivity index (χ0) is 22.8. The maximum atomic E-state index is 12.5. The molecule has 0 aliphatic heterocycles. The minimum Gasteiger partial charge on any atom is -0.492 e. The summed E-state index contributed by atoms with van der Waals surface area (Å²) in [6.07, 6.45) is 1.95. The third-order valence-corrected chi connectivity index (χ3v) is 6.18. The summed E-state index contributed by atoms with van der Waals surface area (Å²) in [6, 6.07) is 0.214. The SMILES string of the molecule is C=C(OC(C)(C)CCOC(C)(C)CCC(=O)NC(CSC(C)C)C(C)C)C(C)C. The first-order valence-corrected chi connectivity index (χ1v) is 12.1. The number of thioether (sulfide) groups is 1. The summed E-state index contributed by atoms with van der Waals surface area (Å²) in [5.74, 6) is 2.61. The van der Waals surface area contributed by atoms with Crippen LogP contribution in [0, 0.1) is 11.8 Å². The van der Waals surface area contributed by atoms with Gasteiger partial charge in [-0.3, -0.25) is 4.79 Å². The Morgan fingerprint density at radius 2 is 1.59 bits per heavy atom. The van der Waals surface area contributed by atoms with Gasteiger partial charge in [-0.1, -0.05) is 48.1 Å². The quantitative estimate of drug-likeness (QED) is 0.315. The van der Waals surface area contributed by atoms with Gasteiger partial charge in [0, 0.05) is 30.6 Å². The molecule has 172 valence electrons. The number of ether oxygens (including phenoxy) is 2. The van der Waals surface area contributed by atoms with Crippen LogP contribution in [0.2, 0.25) is 0 Å². The van der Waals surface area contributed by atoms with Crippen molar-refractivity contribution in [2.24, 2.45) is 11.8 Å². The molecule has 0 aliphatic carbocycles. The predicted molar refractivity (Wildman–Crippen MR) is 127 cm³/mol. The molecule has 1 unspecified atom stereocenters. The second-order valence-corrected chi connectivity index (χ2v) is 11.8. The van der Waals surface area contributed by atoms with E-state index in [1.807, 2.05) is 11.8 Å². The van der Waals surface area contributed by atoms with Gasteiger partial charge in [-0.2, -0.15) is 11.8 Å². The summed E-state index contributed by atoms with van der Waals surface area (Å²) in [5, 5.41) is 3.79. The molecule has 0 aromatic rings. The number of nitrogens with one attached hydrogen (secondary N) is 1. The zero-order valence-electron chi connectivity index (χ0n) is 20.7. The molecule has 0 aliphatic rings. The van der Waals surface area contributed by atoms with Gasteiger partial charge < -0.3 is 14.8 Å². The summed E-state index contributed by atoms with van der Waals surface area (Å²) < 4.78 is 12.1. The van der Waals surface area contributed by atoms with Crippen LogP contribution in [0.15, 0.2) is 12.3 Å². The molecule has 29 heavy (non-hydrogen) atoms. The van der Waals surface area contributed by atoms with E-state index in [1.165, 1.54) is 0 Å². The average molecular weight is 430 g/mol. The molecule has 0 saturated carbocycles. The second-order valence-electron chi connectivity index (χ2n) is 10.1. The lowest BCUT2D eigenvalue weighted by Gasteiger charge is -2.31. The smallest absolute Gasteiger partial charge is 0.220 e. The van der Waals surface area contributed by atoms with Gasteiger partial charge in [-0.15, -0.1) is 0 Å². The van der Waals surface area contributed by atoms with Crippen molar-refractivity contribution < 1.29 is 14.3 Å². The molecule has 0 heterocycles. The van der Waals surface area contributed by atoms with E-state index < -0.39 is 0 Å². The van der Waals surface area contributed by atoms with Crippen molar-refractivity contribution >= 4 is 17.7 Å². The van der Waals surface area contributed by atoms with Gasteiger partial charge in [0.25, 0.3) is 0 Å². The Morgan fingerprint density at radius 3 is 2.07 bits per heavy atom.